The molecule has 0 radical (unpaired) electrons. The molecule has 0 aromatic heterocycles. The topological polar surface area (TPSA) is 20.3 Å². The SMILES string of the molecule is Cc1ccc(N2CCCCCC2=O)cc1F. The largest absolute Gasteiger partial charge is 0.312 e. The van der Waals surface area contributed by atoms with Crippen molar-refractivity contribution in [2.75, 3.05) is 11.4 Å². The Hall–Kier alpha value is -1.38. The number of carbonyl (C=O) groups excluding carboxylic acids is 1. The highest BCUT2D eigenvalue weighted by atomic mass is 19.1. The summed E-state index contributed by atoms with van der Waals surface area (Å²) in [6.45, 7) is 2.44. The van der Waals surface area contributed by atoms with Crippen molar-refractivity contribution in [2.45, 2.75) is 32.6 Å². The van der Waals surface area contributed by atoms with Gasteiger partial charge in [-0.2, -0.15) is 0 Å². The fourth-order valence-electron chi connectivity index (χ4n) is 2.01. The van der Waals surface area contributed by atoms with Crippen molar-refractivity contribution in [3.05, 3.63) is 29.6 Å². The molecule has 0 saturated carbocycles. The summed E-state index contributed by atoms with van der Waals surface area (Å²) in [5, 5.41) is 0. The van der Waals surface area contributed by atoms with Crippen LogP contribution in [-0.4, -0.2) is 12.5 Å². The van der Waals surface area contributed by atoms with Crippen LogP contribution in [0.1, 0.15) is 31.2 Å². The van der Waals surface area contributed by atoms with E-state index in [1.54, 1.807) is 17.9 Å². The zero-order chi connectivity index (χ0) is 11.5. The summed E-state index contributed by atoms with van der Waals surface area (Å²) in [6, 6.07) is 5.00. The van der Waals surface area contributed by atoms with E-state index in [4.69, 9.17) is 0 Å². The van der Waals surface area contributed by atoms with Gasteiger partial charge in [0.15, 0.2) is 0 Å². The molecule has 1 aliphatic rings. The lowest BCUT2D eigenvalue weighted by atomic mass is 10.2. The van der Waals surface area contributed by atoms with E-state index in [9.17, 15) is 9.18 Å². The standard InChI is InChI=1S/C13H16FNO/c1-10-6-7-11(9-12(10)14)15-8-4-2-3-5-13(15)16/h6-7,9H,2-5,8H2,1H3. The third-order valence-electron chi connectivity index (χ3n) is 3.04. The van der Waals surface area contributed by atoms with Crippen molar-refractivity contribution in [3.63, 3.8) is 0 Å². The van der Waals surface area contributed by atoms with Gasteiger partial charge in [0.1, 0.15) is 5.82 Å². The first-order valence-corrected chi connectivity index (χ1v) is 5.75. The summed E-state index contributed by atoms with van der Waals surface area (Å²) >= 11 is 0. The second-order valence-corrected chi connectivity index (χ2v) is 4.29. The van der Waals surface area contributed by atoms with Crippen LogP contribution in [0, 0.1) is 12.7 Å². The van der Waals surface area contributed by atoms with Gasteiger partial charge >= 0.3 is 0 Å². The number of rotatable bonds is 1. The molecule has 1 aromatic carbocycles. The molecule has 86 valence electrons. The van der Waals surface area contributed by atoms with E-state index in [0.29, 0.717) is 24.2 Å². The van der Waals surface area contributed by atoms with Crippen molar-refractivity contribution < 1.29 is 9.18 Å². The Morgan fingerprint density at radius 2 is 2.06 bits per heavy atom. The Morgan fingerprint density at radius 3 is 2.81 bits per heavy atom. The normalized spacial score (nSPS) is 17.4. The molecule has 1 heterocycles. The molecule has 3 heteroatoms. The third-order valence-corrected chi connectivity index (χ3v) is 3.04. The maximum atomic E-state index is 13.4. The number of aryl methyl sites for hydroxylation is 1. The molecular formula is C13H16FNO. The van der Waals surface area contributed by atoms with Gasteiger partial charge in [-0.1, -0.05) is 12.5 Å². The number of hydrogen-bond acceptors (Lipinski definition) is 1. The molecule has 16 heavy (non-hydrogen) atoms. The van der Waals surface area contributed by atoms with Gasteiger partial charge in [-0.25, -0.2) is 4.39 Å². The van der Waals surface area contributed by atoms with Crippen molar-refractivity contribution in [3.8, 4) is 0 Å². The van der Waals surface area contributed by atoms with Gasteiger partial charge < -0.3 is 4.90 Å². The van der Waals surface area contributed by atoms with Crippen molar-refractivity contribution >= 4 is 11.6 Å². The molecule has 0 aliphatic carbocycles. The smallest absolute Gasteiger partial charge is 0.226 e. The number of hydrogen-bond donors (Lipinski definition) is 0. The highest BCUT2D eigenvalue weighted by Crippen LogP contribution is 2.22. The quantitative estimate of drug-likeness (QED) is 0.713. The minimum Gasteiger partial charge on any atom is -0.312 e. The van der Waals surface area contributed by atoms with Crippen molar-refractivity contribution in [2.24, 2.45) is 0 Å². The lowest BCUT2D eigenvalue weighted by Crippen LogP contribution is -2.30. The van der Waals surface area contributed by atoms with Crippen LogP contribution in [0.4, 0.5) is 10.1 Å². The van der Waals surface area contributed by atoms with Gasteiger partial charge in [-0.3, -0.25) is 4.79 Å². The van der Waals surface area contributed by atoms with Crippen LogP contribution in [0.5, 0.6) is 0 Å². The molecule has 1 fully saturated rings. The molecule has 0 unspecified atom stereocenters. The van der Waals surface area contributed by atoms with E-state index >= 15 is 0 Å². The predicted molar refractivity (Wildman–Crippen MR) is 62.0 cm³/mol. The van der Waals surface area contributed by atoms with Crippen LogP contribution in [0.3, 0.4) is 0 Å². The Labute approximate surface area is 95.1 Å². The molecule has 1 aliphatic heterocycles. The number of amides is 1. The number of halogens is 1. The zero-order valence-electron chi connectivity index (χ0n) is 9.50. The van der Waals surface area contributed by atoms with Gasteiger partial charge in [0.2, 0.25) is 5.91 Å². The van der Waals surface area contributed by atoms with Crippen LogP contribution in [0.15, 0.2) is 18.2 Å². The Bertz CT molecular complexity index is 403. The summed E-state index contributed by atoms with van der Waals surface area (Å²) in [6.07, 6.45) is 3.61. The summed E-state index contributed by atoms with van der Waals surface area (Å²) in [5.74, 6) is -0.129. The minimum atomic E-state index is -0.241. The highest BCUT2D eigenvalue weighted by molar-refractivity contribution is 5.93. The van der Waals surface area contributed by atoms with Gasteiger partial charge in [0.05, 0.1) is 0 Å². The molecular weight excluding hydrogens is 205 g/mol. The lowest BCUT2D eigenvalue weighted by Gasteiger charge is -2.20. The summed E-state index contributed by atoms with van der Waals surface area (Å²) in [5.41, 5.74) is 1.31. The van der Waals surface area contributed by atoms with E-state index in [1.807, 2.05) is 6.07 Å². The van der Waals surface area contributed by atoms with Gasteiger partial charge in [0, 0.05) is 18.7 Å². The van der Waals surface area contributed by atoms with Crippen molar-refractivity contribution in [1.29, 1.82) is 0 Å². The molecule has 1 saturated heterocycles. The molecule has 0 atom stereocenters. The first kappa shape index (κ1) is 11.1. The van der Waals surface area contributed by atoms with E-state index in [-0.39, 0.29) is 11.7 Å². The van der Waals surface area contributed by atoms with Crippen LogP contribution in [0.25, 0.3) is 0 Å². The molecule has 2 rings (SSSR count). The first-order valence-electron chi connectivity index (χ1n) is 5.75. The summed E-state index contributed by atoms with van der Waals surface area (Å²) < 4.78 is 13.4. The third kappa shape index (κ3) is 2.23. The van der Waals surface area contributed by atoms with Crippen LogP contribution < -0.4 is 4.90 Å². The summed E-state index contributed by atoms with van der Waals surface area (Å²) in [4.78, 5) is 13.5. The average Bonchev–Trinajstić information content (AvgIpc) is 2.47. The number of carbonyl (C=O) groups is 1. The maximum absolute atomic E-state index is 13.4. The number of anilines is 1. The fraction of sp³-hybridized carbons (Fsp3) is 0.462. The zero-order valence-corrected chi connectivity index (χ0v) is 9.50. The highest BCUT2D eigenvalue weighted by Gasteiger charge is 2.18. The van der Waals surface area contributed by atoms with E-state index in [2.05, 4.69) is 0 Å². The van der Waals surface area contributed by atoms with Gasteiger partial charge in [-0.15, -0.1) is 0 Å². The molecule has 1 aromatic rings. The van der Waals surface area contributed by atoms with Crippen LogP contribution in [0.2, 0.25) is 0 Å². The lowest BCUT2D eigenvalue weighted by molar-refractivity contribution is -0.118. The van der Waals surface area contributed by atoms with E-state index < -0.39 is 0 Å². The van der Waals surface area contributed by atoms with E-state index in [1.165, 1.54) is 6.07 Å². The summed E-state index contributed by atoms with van der Waals surface area (Å²) in [7, 11) is 0. The van der Waals surface area contributed by atoms with Crippen molar-refractivity contribution in [1.82, 2.24) is 0 Å². The monoisotopic (exact) mass is 221 g/mol. The second-order valence-electron chi connectivity index (χ2n) is 4.29. The molecule has 0 bridgehead atoms. The Kier molecular flexibility index (Phi) is 3.22. The minimum absolute atomic E-state index is 0.112. The number of benzene rings is 1. The Balaban J connectivity index is 2.27. The molecule has 2 nitrogen and oxygen atoms in total. The average molecular weight is 221 g/mol. The molecule has 0 spiro atoms. The molecule has 0 N–H and O–H groups in total. The Morgan fingerprint density at radius 1 is 1.25 bits per heavy atom. The van der Waals surface area contributed by atoms with Crippen LogP contribution >= 0.6 is 0 Å². The predicted octanol–water partition coefficient (Wildman–Crippen LogP) is 3.04. The second kappa shape index (κ2) is 4.64. The fourth-order valence-corrected chi connectivity index (χ4v) is 2.01. The maximum Gasteiger partial charge on any atom is 0.226 e. The molecule has 1 amide bonds. The van der Waals surface area contributed by atoms with Gasteiger partial charge in [0.25, 0.3) is 0 Å². The van der Waals surface area contributed by atoms with E-state index in [0.717, 1.165) is 19.3 Å². The number of nitrogens with zero attached hydrogens (tertiary/aromatic N) is 1. The van der Waals surface area contributed by atoms with Crippen LogP contribution in [-0.2, 0) is 4.79 Å². The first-order chi connectivity index (χ1) is 7.68. The van der Waals surface area contributed by atoms with Gasteiger partial charge in [-0.05, 0) is 37.5 Å².